The maximum absolute atomic E-state index is 11.9. The zero-order valence-electron chi connectivity index (χ0n) is 11.4. The van der Waals surface area contributed by atoms with Gasteiger partial charge < -0.3 is 9.84 Å². The van der Waals surface area contributed by atoms with Crippen molar-refractivity contribution in [3.05, 3.63) is 0 Å². The van der Waals surface area contributed by atoms with Crippen molar-refractivity contribution >= 4 is 21.6 Å². The van der Waals surface area contributed by atoms with E-state index in [1.807, 2.05) is 4.90 Å². The number of sulfone groups is 1. The summed E-state index contributed by atoms with van der Waals surface area (Å²) in [5.74, 6) is 1.58. The fourth-order valence-electron chi connectivity index (χ4n) is 2.83. The van der Waals surface area contributed by atoms with Crippen molar-refractivity contribution in [3.63, 3.8) is 0 Å². The quantitative estimate of drug-likeness (QED) is 0.800. The molecule has 0 radical (unpaired) electrons. The Morgan fingerprint density at radius 2 is 2.32 bits per heavy atom. The molecule has 2 rings (SSSR count). The molecule has 0 aromatic heterocycles. The molecule has 2 heterocycles. The lowest BCUT2D eigenvalue weighted by Gasteiger charge is -2.43. The maximum Gasteiger partial charge on any atom is 0.164 e. The van der Waals surface area contributed by atoms with E-state index in [-0.39, 0.29) is 12.0 Å². The number of ether oxygens (including phenoxy) is 1. The van der Waals surface area contributed by atoms with E-state index in [1.165, 1.54) is 6.26 Å². The Morgan fingerprint density at radius 3 is 2.89 bits per heavy atom. The smallest absolute Gasteiger partial charge is 0.164 e. The number of thioether (sulfide) groups is 1. The van der Waals surface area contributed by atoms with Crippen LogP contribution in [0.25, 0.3) is 0 Å². The summed E-state index contributed by atoms with van der Waals surface area (Å²) < 4.78 is 29.3. The van der Waals surface area contributed by atoms with Crippen molar-refractivity contribution < 1.29 is 18.3 Å². The van der Waals surface area contributed by atoms with Crippen molar-refractivity contribution in [1.82, 2.24) is 4.90 Å². The molecule has 0 aromatic carbocycles. The van der Waals surface area contributed by atoms with Crippen molar-refractivity contribution in [3.8, 4) is 0 Å². The summed E-state index contributed by atoms with van der Waals surface area (Å²) in [4.78, 5) is 2.02. The predicted octanol–water partition coefficient (Wildman–Crippen LogP) is 0.195. The van der Waals surface area contributed by atoms with E-state index < -0.39 is 15.2 Å². The fourth-order valence-corrected chi connectivity index (χ4v) is 5.77. The molecule has 5 nitrogen and oxygen atoms in total. The van der Waals surface area contributed by atoms with Gasteiger partial charge >= 0.3 is 0 Å². The van der Waals surface area contributed by atoms with Gasteiger partial charge in [-0.15, -0.1) is 0 Å². The van der Waals surface area contributed by atoms with Crippen LogP contribution < -0.4 is 0 Å². The summed E-state index contributed by atoms with van der Waals surface area (Å²) in [5, 5.41) is 9.28. The van der Waals surface area contributed by atoms with Gasteiger partial charge in [0.15, 0.2) is 9.84 Å². The Balaban J connectivity index is 2.10. The Morgan fingerprint density at radius 1 is 1.53 bits per heavy atom. The average Bonchev–Trinajstić information content (AvgIpc) is 2.39. The molecular weight excluding hydrogens is 286 g/mol. The third-order valence-electron chi connectivity index (χ3n) is 3.96. The molecule has 112 valence electrons. The maximum atomic E-state index is 11.9. The first-order valence-electron chi connectivity index (χ1n) is 6.66. The largest absolute Gasteiger partial charge is 0.396 e. The van der Waals surface area contributed by atoms with E-state index in [0.717, 1.165) is 31.7 Å². The van der Waals surface area contributed by atoms with Gasteiger partial charge in [-0.1, -0.05) is 0 Å². The van der Waals surface area contributed by atoms with Crippen molar-refractivity contribution in [2.75, 3.05) is 50.7 Å². The van der Waals surface area contributed by atoms with Gasteiger partial charge in [0.25, 0.3) is 0 Å². The van der Waals surface area contributed by atoms with E-state index in [4.69, 9.17) is 4.74 Å². The van der Waals surface area contributed by atoms with Gasteiger partial charge in [-0.3, -0.25) is 4.90 Å². The van der Waals surface area contributed by atoms with Crippen LogP contribution in [0.1, 0.15) is 12.8 Å². The number of hydrogen-bond acceptors (Lipinski definition) is 6. The standard InChI is InChI=1S/C12H23NO4S2/c1-19(15,16)11-7-18-6-4-13(11)8-12(9-14)3-2-5-17-10-12/h11,14H,2-10H2,1H3. The van der Waals surface area contributed by atoms with Crippen LogP contribution in [0.3, 0.4) is 0 Å². The van der Waals surface area contributed by atoms with Gasteiger partial charge in [0.1, 0.15) is 5.37 Å². The molecule has 2 aliphatic rings. The highest BCUT2D eigenvalue weighted by molar-refractivity contribution is 8.00. The zero-order chi connectivity index (χ0) is 13.9. The van der Waals surface area contributed by atoms with Gasteiger partial charge in [0.2, 0.25) is 0 Å². The van der Waals surface area contributed by atoms with E-state index in [0.29, 0.717) is 18.9 Å². The van der Waals surface area contributed by atoms with Crippen LogP contribution in [0.2, 0.25) is 0 Å². The van der Waals surface area contributed by atoms with Crippen LogP contribution >= 0.6 is 11.8 Å². The molecule has 2 fully saturated rings. The van der Waals surface area contributed by atoms with Crippen LogP contribution in [0.5, 0.6) is 0 Å². The number of rotatable bonds is 4. The van der Waals surface area contributed by atoms with Crippen molar-refractivity contribution in [2.45, 2.75) is 18.2 Å². The number of aliphatic hydroxyl groups is 1. The van der Waals surface area contributed by atoms with Crippen LogP contribution in [0.15, 0.2) is 0 Å². The molecule has 1 N–H and O–H groups in total. The van der Waals surface area contributed by atoms with Gasteiger partial charge in [0.05, 0.1) is 13.2 Å². The minimum absolute atomic E-state index is 0.0626. The second-order valence-corrected chi connectivity index (χ2v) is 9.00. The summed E-state index contributed by atoms with van der Waals surface area (Å²) in [6.45, 7) is 2.72. The molecule has 0 aliphatic carbocycles. The Kier molecular flexibility index (Phi) is 5.16. The molecule has 7 heteroatoms. The highest BCUT2D eigenvalue weighted by Gasteiger charge is 2.39. The molecule has 2 saturated heterocycles. The van der Waals surface area contributed by atoms with E-state index in [1.54, 1.807) is 11.8 Å². The SMILES string of the molecule is CS(=O)(=O)C1CSCCN1CC1(CO)CCCOC1. The molecule has 0 bridgehead atoms. The number of nitrogens with zero attached hydrogens (tertiary/aromatic N) is 1. The number of hydrogen-bond donors (Lipinski definition) is 1. The molecule has 2 aliphatic heterocycles. The molecule has 2 atom stereocenters. The van der Waals surface area contributed by atoms with Gasteiger partial charge in [0, 0.05) is 42.9 Å². The van der Waals surface area contributed by atoms with Crippen molar-refractivity contribution in [1.29, 1.82) is 0 Å². The molecule has 0 amide bonds. The van der Waals surface area contributed by atoms with Gasteiger partial charge in [-0.05, 0) is 12.8 Å². The Bertz CT molecular complexity index is 393. The molecule has 19 heavy (non-hydrogen) atoms. The zero-order valence-corrected chi connectivity index (χ0v) is 13.0. The highest BCUT2D eigenvalue weighted by Crippen LogP contribution is 2.32. The van der Waals surface area contributed by atoms with Crippen molar-refractivity contribution in [2.24, 2.45) is 5.41 Å². The van der Waals surface area contributed by atoms with E-state index in [2.05, 4.69) is 0 Å². The minimum Gasteiger partial charge on any atom is -0.396 e. The minimum atomic E-state index is -3.08. The first-order chi connectivity index (χ1) is 8.97. The summed E-state index contributed by atoms with van der Waals surface area (Å²) >= 11 is 1.69. The summed E-state index contributed by atoms with van der Waals surface area (Å²) in [5.41, 5.74) is -0.288. The van der Waals surface area contributed by atoms with Crippen LogP contribution in [0, 0.1) is 5.41 Å². The monoisotopic (exact) mass is 309 g/mol. The highest BCUT2D eigenvalue weighted by atomic mass is 32.2. The summed E-state index contributed by atoms with van der Waals surface area (Å²) in [7, 11) is -3.08. The van der Waals surface area contributed by atoms with Gasteiger partial charge in [-0.25, -0.2) is 8.42 Å². The second-order valence-electron chi connectivity index (χ2n) is 5.64. The first-order valence-corrected chi connectivity index (χ1v) is 9.77. The summed E-state index contributed by atoms with van der Waals surface area (Å²) in [6.07, 6.45) is 3.15. The molecule has 0 spiro atoms. The van der Waals surface area contributed by atoms with Crippen LogP contribution in [-0.4, -0.2) is 74.5 Å². The molecule has 0 aromatic rings. The first kappa shape index (κ1) is 15.6. The normalized spacial score (nSPS) is 34.3. The number of aliphatic hydroxyl groups excluding tert-OH is 1. The lowest BCUT2D eigenvalue weighted by atomic mass is 9.83. The Labute approximate surface area is 119 Å². The average molecular weight is 309 g/mol. The topological polar surface area (TPSA) is 66.8 Å². The fraction of sp³-hybridized carbons (Fsp3) is 1.00. The van der Waals surface area contributed by atoms with Crippen LogP contribution in [-0.2, 0) is 14.6 Å². The van der Waals surface area contributed by atoms with Gasteiger partial charge in [-0.2, -0.15) is 11.8 Å². The van der Waals surface area contributed by atoms with E-state index in [9.17, 15) is 13.5 Å². The molecular formula is C12H23NO4S2. The third-order valence-corrected chi connectivity index (χ3v) is 6.65. The lowest BCUT2D eigenvalue weighted by molar-refractivity contribution is -0.0558. The second kappa shape index (κ2) is 6.30. The Hall–Kier alpha value is 0.180. The lowest BCUT2D eigenvalue weighted by Crippen LogP contribution is -2.54. The molecule has 0 saturated carbocycles. The van der Waals surface area contributed by atoms with Crippen LogP contribution in [0.4, 0.5) is 0 Å². The molecule has 2 unspecified atom stereocenters. The third kappa shape index (κ3) is 3.85. The summed E-state index contributed by atoms with van der Waals surface area (Å²) in [6, 6.07) is 0. The van der Waals surface area contributed by atoms with E-state index >= 15 is 0 Å². The predicted molar refractivity (Wildman–Crippen MR) is 77.1 cm³/mol.